The van der Waals surface area contributed by atoms with Crippen LogP contribution < -0.4 is 5.32 Å². The van der Waals surface area contributed by atoms with E-state index in [1.165, 1.54) is 0 Å². The molecule has 1 aromatic carbocycles. The Labute approximate surface area is 200 Å². The number of anilines is 1. The smallest absolute Gasteiger partial charge is 0.256 e. The quantitative estimate of drug-likeness (QED) is 0.298. The molecule has 32 heavy (non-hydrogen) atoms. The second-order valence-corrected chi connectivity index (χ2v) is 9.49. The van der Waals surface area contributed by atoms with E-state index in [1.807, 2.05) is 36.0 Å². The predicted octanol–water partition coefficient (Wildman–Crippen LogP) is 4.81. The van der Waals surface area contributed by atoms with Crippen LogP contribution in [0.2, 0.25) is 0 Å². The largest absolute Gasteiger partial charge is 0.334 e. The van der Waals surface area contributed by atoms with Gasteiger partial charge in [-0.25, -0.2) is 13.1 Å². The van der Waals surface area contributed by atoms with Crippen molar-refractivity contribution >= 4 is 45.4 Å². The topological polar surface area (TPSA) is 75.9 Å². The Balaban J connectivity index is 1.36. The molecule has 1 amide bonds. The Hall–Kier alpha value is -2.85. The van der Waals surface area contributed by atoms with Crippen LogP contribution in [0.4, 0.5) is 5.82 Å². The van der Waals surface area contributed by atoms with Crippen molar-refractivity contribution < 1.29 is 4.79 Å². The van der Waals surface area contributed by atoms with Gasteiger partial charge in [-0.15, -0.1) is 0 Å². The molecule has 7 nitrogen and oxygen atoms in total. The zero-order valence-electron chi connectivity index (χ0n) is 17.7. The van der Waals surface area contributed by atoms with Crippen molar-refractivity contribution in [2.24, 2.45) is 7.05 Å². The lowest BCUT2D eigenvalue weighted by molar-refractivity contribution is 0.102. The maximum absolute atomic E-state index is 12.9. The first-order valence-corrected chi connectivity index (χ1v) is 11.6. The summed E-state index contributed by atoms with van der Waals surface area (Å²) in [5, 5.41) is 4.97. The Morgan fingerprint density at radius 1 is 1.06 bits per heavy atom. The molecule has 1 N–H and O–H groups in total. The van der Waals surface area contributed by atoms with Gasteiger partial charge in [-0.3, -0.25) is 9.78 Å². The highest BCUT2D eigenvalue weighted by Crippen LogP contribution is 2.29. The Kier molecular flexibility index (Phi) is 5.88. The third kappa shape index (κ3) is 4.37. The van der Waals surface area contributed by atoms with E-state index in [0.29, 0.717) is 17.3 Å². The SMILES string of the molecule is Cn1cncc1-c1ccc2cnc(NC(=O)c3ccnc(C4CCN(I)CC4)c3)cc2c1. The summed E-state index contributed by atoms with van der Waals surface area (Å²) in [5.41, 5.74) is 3.70. The summed E-state index contributed by atoms with van der Waals surface area (Å²) in [7, 11) is 1.97. The maximum Gasteiger partial charge on any atom is 0.256 e. The van der Waals surface area contributed by atoms with Crippen molar-refractivity contribution in [3.05, 3.63) is 72.6 Å². The second kappa shape index (κ2) is 8.95. The number of hydrogen-bond donors (Lipinski definition) is 1. The number of carbonyl (C=O) groups excluding carboxylic acids is 1. The van der Waals surface area contributed by atoms with Crippen LogP contribution in [0.25, 0.3) is 22.0 Å². The number of amides is 1. The number of piperidine rings is 1. The summed E-state index contributed by atoms with van der Waals surface area (Å²) in [4.78, 5) is 26.1. The van der Waals surface area contributed by atoms with Crippen molar-refractivity contribution in [1.29, 1.82) is 0 Å². The van der Waals surface area contributed by atoms with Crippen LogP contribution in [0.5, 0.6) is 0 Å². The number of halogens is 1. The van der Waals surface area contributed by atoms with Gasteiger partial charge in [-0.1, -0.05) is 12.1 Å². The van der Waals surface area contributed by atoms with Crippen LogP contribution in [0.1, 0.15) is 34.8 Å². The number of hydrogen-bond acceptors (Lipinski definition) is 5. The average molecular weight is 538 g/mol. The van der Waals surface area contributed by atoms with Crippen molar-refractivity contribution in [3.8, 4) is 11.3 Å². The van der Waals surface area contributed by atoms with Gasteiger partial charge in [0.25, 0.3) is 5.91 Å². The minimum atomic E-state index is -0.172. The molecule has 0 saturated carbocycles. The molecule has 1 fully saturated rings. The van der Waals surface area contributed by atoms with E-state index in [9.17, 15) is 4.79 Å². The summed E-state index contributed by atoms with van der Waals surface area (Å²) < 4.78 is 4.28. The molecule has 0 spiro atoms. The van der Waals surface area contributed by atoms with Gasteiger partial charge in [0.1, 0.15) is 5.82 Å². The van der Waals surface area contributed by atoms with E-state index in [2.05, 4.69) is 58.4 Å². The van der Waals surface area contributed by atoms with Gasteiger partial charge in [-0.05, 0) is 42.5 Å². The highest BCUT2D eigenvalue weighted by molar-refractivity contribution is 14.1. The number of imidazole rings is 1. The van der Waals surface area contributed by atoms with E-state index in [1.54, 1.807) is 24.8 Å². The molecule has 5 rings (SSSR count). The fourth-order valence-corrected chi connectivity index (χ4v) is 4.71. The molecule has 0 atom stereocenters. The van der Waals surface area contributed by atoms with Crippen molar-refractivity contribution in [2.45, 2.75) is 18.8 Å². The number of aromatic nitrogens is 4. The minimum Gasteiger partial charge on any atom is -0.334 e. The molecule has 3 aromatic heterocycles. The summed E-state index contributed by atoms with van der Waals surface area (Å²) >= 11 is 2.37. The number of nitrogens with zero attached hydrogens (tertiary/aromatic N) is 5. The zero-order valence-corrected chi connectivity index (χ0v) is 19.9. The van der Waals surface area contributed by atoms with Gasteiger partial charge in [0.2, 0.25) is 0 Å². The molecule has 1 aliphatic heterocycles. The highest BCUT2D eigenvalue weighted by Gasteiger charge is 2.21. The van der Waals surface area contributed by atoms with Gasteiger partial charge in [-0.2, -0.15) is 0 Å². The summed E-state index contributed by atoms with van der Waals surface area (Å²) in [6, 6.07) is 11.8. The molecule has 4 aromatic rings. The number of carbonyl (C=O) groups is 1. The molecule has 8 heteroatoms. The first-order valence-electron chi connectivity index (χ1n) is 10.6. The maximum atomic E-state index is 12.9. The van der Waals surface area contributed by atoms with Gasteiger partial charge in [0, 0.05) is 83.5 Å². The Morgan fingerprint density at radius 3 is 2.69 bits per heavy atom. The monoisotopic (exact) mass is 538 g/mol. The number of nitrogens with one attached hydrogen (secondary N) is 1. The molecule has 1 aliphatic rings. The number of benzene rings is 1. The minimum absolute atomic E-state index is 0.172. The van der Waals surface area contributed by atoms with Crippen LogP contribution in [-0.4, -0.2) is 41.6 Å². The van der Waals surface area contributed by atoms with Crippen molar-refractivity contribution in [1.82, 2.24) is 22.6 Å². The van der Waals surface area contributed by atoms with Crippen LogP contribution in [0.15, 0.2) is 61.3 Å². The average Bonchev–Trinajstić information content (AvgIpc) is 3.25. The molecule has 0 radical (unpaired) electrons. The number of pyridine rings is 2. The van der Waals surface area contributed by atoms with E-state index >= 15 is 0 Å². The second-order valence-electron chi connectivity index (χ2n) is 8.13. The fourth-order valence-electron chi connectivity index (χ4n) is 4.15. The normalized spacial score (nSPS) is 15.2. The number of rotatable bonds is 4. The standard InChI is InChI=1S/C24H23IN6O/c1-30-15-26-14-22(30)17-2-3-19-13-28-23(12-20(19)10-17)29-24(32)18-4-7-27-21(11-18)16-5-8-31(25)9-6-16/h2-4,7,10-16H,5-6,8-9H2,1H3,(H,28,29,32). The van der Waals surface area contributed by atoms with Gasteiger partial charge >= 0.3 is 0 Å². The van der Waals surface area contributed by atoms with Crippen molar-refractivity contribution in [2.75, 3.05) is 18.4 Å². The van der Waals surface area contributed by atoms with Crippen molar-refractivity contribution in [3.63, 3.8) is 0 Å². The Morgan fingerprint density at radius 2 is 1.91 bits per heavy atom. The van der Waals surface area contributed by atoms with Crippen LogP contribution in [0.3, 0.4) is 0 Å². The highest BCUT2D eigenvalue weighted by atomic mass is 127. The molecule has 162 valence electrons. The number of fused-ring (bicyclic) bond motifs is 1. The van der Waals surface area contributed by atoms with E-state index in [0.717, 1.165) is 53.7 Å². The Bertz CT molecular complexity index is 1280. The molecule has 0 bridgehead atoms. The molecule has 0 unspecified atom stereocenters. The zero-order chi connectivity index (χ0) is 22.1. The number of aryl methyl sites for hydroxylation is 1. The molecular weight excluding hydrogens is 515 g/mol. The third-order valence-corrected chi connectivity index (χ3v) is 6.94. The molecule has 4 heterocycles. The fraction of sp³-hybridized carbons (Fsp3) is 0.250. The van der Waals surface area contributed by atoms with Crippen LogP contribution >= 0.6 is 22.9 Å². The lowest BCUT2D eigenvalue weighted by Gasteiger charge is -2.27. The van der Waals surface area contributed by atoms with Gasteiger partial charge in [0.05, 0.1) is 18.2 Å². The third-order valence-electron chi connectivity index (χ3n) is 5.98. The van der Waals surface area contributed by atoms with Gasteiger partial charge < -0.3 is 9.88 Å². The van der Waals surface area contributed by atoms with E-state index in [4.69, 9.17) is 0 Å². The first kappa shape index (κ1) is 21.0. The lowest BCUT2D eigenvalue weighted by atomic mass is 9.93. The summed E-state index contributed by atoms with van der Waals surface area (Å²) in [6.45, 7) is 2.09. The van der Waals surface area contributed by atoms with Gasteiger partial charge in [0.15, 0.2) is 0 Å². The summed E-state index contributed by atoms with van der Waals surface area (Å²) in [5.74, 6) is 0.758. The van der Waals surface area contributed by atoms with E-state index in [-0.39, 0.29) is 5.91 Å². The molecule has 0 aliphatic carbocycles. The predicted molar refractivity (Wildman–Crippen MR) is 134 cm³/mol. The summed E-state index contributed by atoms with van der Waals surface area (Å²) in [6.07, 6.45) is 9.27. The molecular formula is C24H23IN6O. The lowest BCUT2D eigenvalue weighted by Crippen LogP contribution is -2.25. The van der Waals surface area contributed by atoms with Crippen LogP contribution in [0, 0.1) is 0 Å². The van der Waals surface area contributed by atoms with Crippen LogP contribution in [-0.2, 0) is 7.05 Å². The van der Waals surface area contributed by atoms with E-state index < -0.39 is 0 Å². The molecule has 1 saturated heterocycles. The first-order chi connectivity index (χ1) is 15.6.